The van der Waals surface area contributed by atoms with Gasteiger partial charge in [0, 0.05) is 5.69 Å². The van der Waals surface area contributed by atoms with E-state index in [-0.39, 0.29) is 12.5 Å². The molecule has 0 aliphatic heterocycles. The van der Waals surface area contributed by atoms with Gasteiger partial charge in [-0.1, -0.05) is 24.3 Å². The van der Waals surface area contributed by atoms with E-state index < -0.39 is 0 Å². The SMILES string of the molecule is Cc1ccc(OCC(=O)Nc2ccc(N=Nc3ccccc3)cc2)c(Br)c1. The zero-order valence-corrected chi connectivity index (χ0v) is 16.3. The molecule has 0 spiro atoms. The number of hydrogen-bond acceptors (Lipinski definition) is 4. The van der Waals surface area contributed by atoms with Gasteiger partial charge >= 0.3 is 0 Å². The van der Waals surface area contributed by atoms with Crippen LogP contribution in [-0.2, 0) is 4.79 Å². The minimum atomic E-state index is -0.235. The molecule has 3 rings (SSSR count). The lowest BCUT2D eigenvalue weighted by molar-refractivity contribution is -0.118. The van der Waals surface area contributed by atoms with Gasteiger partial charge in [0.05, 0.1) is 15.8 Å². The zero-order valence-electron chi connectivity index (χ0n) is 14.7. The van der Waals surface area contributed by atoms with E-state index in [0.717, 1.165) is 15.7 Å². The van der Waals surface area contributed by atoms with Gasteiger partial charge in [0.25, 0.3) is 5.91 Å². The molecule has 0 unspecified atom stereocenters. The molecule has 6 heteroatoms. The third-order valence-electron chi connectivity index (χ3n) is 3.63. The molecule has 0 fully saturated rings. The number of aryl methyl sites for hydroxylation is 1. The van der Waals surface area contributed by atoms with Crippen molar-refractivity contribution in [2.24, 2.45) is 10.2 Å². The molecule has 3 aromatic rings. The monoisotopic (exact) mass is 423 g/mol. The number of anilines is 1. The molecule has 1 N–H and O–H groups in total. The number of rotatable bonds is 6. The summed E-state index contributed by atoms with van der Waals surface area (Å²) in [4.78, 5) is 12.1. The highest BCUT2D eigenvalue weighted by molar-refractivity contribution is 9.10. The number of nitrogens with zero attached hydrogens (tertiary/aromatic N) is 2. The molecule has 27 heavy (non-hydrogen) atoms. The molecule has 1 amide bonds. The maximum absolute atomic E-state index is 12.1. The maximum atomic E-state index is 12.1. The van der Waals surface area contributed by atoms with E-state index in [1.165, 1.54) is 0 Å². The summed E-state index contributed by atoms with van der Waals surface area (Å²) in [5.41, 5.74) is 3.28. The quantitative estimate of drug-likeness (QED) is 0.480. The predicted molar refractivity (Wildman–Crippen MR) is 110 cm³/mol. The fraction of sp³-hybridized carbons (Fsp3) is 0.0952. The lowest BCUT2D eigenvalue weighted by Gasteiger charge is -2.09. The second-order valence-corrected chi connectivity index (χ2v) is 6.71. The number of azo groups is 1. The van der Waals surface area contributed by atoms with E-state index in [4.69, 9.17) is 4.74 Å². The smallest absolute Gasteiger partial charge is 0.262 e. The largest absolute Gasteiger partial charge is 0.483 e. The van der Waals surface area contributed by atoms with Crippen LogP contribution in [-0.4, -0.2) is 12.5 Å². The first-order chi connectivity index (χ1) is 13.1. The van der Waals surface area contributed by atoms with Crippen LogP contribution >= 0.6 is 15.9 Å². The van der Waals surface area contributed by atoms with Crippen molar-refractivity contribution in [2.75, 3.05) is 11.9 Å². The van der Waals surface area contributed by atoms with Crippen molar-refractivity contribution in [1.29, 1.82) is 0 Å². The van der Waals surface area contributed by atoms with Crippen molar-refractivity contribution in [3.8, 4) is 5.75 Å². The molecule has 0 heterocycles. The Hall–Kier alpha value is -2.99. The summed E-state index contributed by atoms with van der Waals surface area (Å²) < 4.78 is 6.37. The van der Waals surface area contributed by atoms with Crippen molar-refractivity contribution >= 4 is 38.9 Å². The van der Waals surface area contributed by atoms with Crippen LogP contribution in [0.2, 0.25) is 0 Å². The van der Waals surface area contributed by atoms with Crippen molar-refractivity contribution in [2.45, 2.75) is 6.92 Å². The van der Waals surface area contributed by atoms with E-state index in [1.807, 2.05) is 55.5 Å². The summed E-state index contributed by atoms with van der Waals surface area (Å²) in [6, 6.07) is 22.3. The lowest BCUT2D eigenvalue weighted by atomic mass is 10.2. The summed E-state index contributed by atoms with van der Waals surface area (Å²) in [7, 11) is 0. The van der Waals surface area contributed by atoms with Crippen LogP contribution in [0.4, 0.5) is 17.1 Å². The van der Waals surface area contributed by atoms with Crippen LogP contribution in [0.5, 0.6) is 5.75 Å². The standard InChI is InChI=1S/C21H18BrN3O2/c1-15-7-12-20(19(22)13-15)27-14-21(26)23-16-8-10-18(11-9-16)25-24-17-5-3-2-4-6-17/h2-13H,14H2,1H3,(H,23,26). The minimum Gasteiger partial charge on any atom is -0.483 e. The Morgan fingerprint density at radius 2 is 1.63 bits per heavy atom. The molecule has 5 nitrogen and oxygen atoms in total. The van der Waals surface area contributed by atoms with Gasteiger partial charge in [0.2, 0.25) is 0 Å². The fourth-order valence-corrected chi connectivity index (χ4v) is 2.89. The normalized spacial score (nSPS) is 10.7. The topological polar surface area (TPSA) is 63.0 Å². The highest BCUT2D eigenvalue weighted by Gasteiger charge is 2.06. The van der Waals surface area contributed by atoms with Gasteiger partial charge in [-0.15, -0.1) is 0 Å². The van der Waals surface area contributed by atoms with Crippen LogP contribution in [0.25, 0.3) is 0 Å². The van der Waals surface area contributed by atoms with E-state index in [1.54, 1.807) is 24.3 Å². The molecular weight excluding hydrogens is 406 g/mol. The zero-order chi connectivity index (χ0) is 19.1. The van der Waals surface area contributed by atoms with Crippen LogP contribution < -0.4 is 10.1 Å². The summed E-state index contributed by atoms with van der Waals surface area (Å²) in [5, 5.41) is 11.1. The van der Waals surface area contributed by atoms with Gasteiger partial charge in [-0.2, -0.15) is 10.2 Å². The highest BCUT2D eigenvalue weighted by atomic mass is 79.9. The van der Waals surface area contributed by atoms with Crippen molar-refractivity contribution in [3.05, 3.63) is 82.8 Å². The number of carbonyl (C=O) groups excluding carboxylic acids is 1. The third kappa shape index (κ3) is 5.76. The fourth-order valence-electron chi connectivity index (χ4n) is 2.28. The van der Waals surface area contributed by atoms with Crippen molar-refractivity contribution < 1.29 is 9.53 Å². The molecule has 0 saturated heterocycles. The molecular formula is C21H18BrN3O2. The Morgan fingerprint density at radius 3 is 2.30 bits per heavy atom. The maximum Gasteiger partial charge on any atom is 0.262 e. The Bertz CT molecular complexity index is 941. The van der Waals surface area contributed by atoms with E-state index in [9.17, 15) is 4.79 Å². The van der Waals surface area contributed by atoms with Crippen LogP contribution in [0, 0.1) is 6.92 Å². The Balaban J connectivity index is 1.53. The minimum absolute atomic E-state index is 0.0723. The molecule has 3 aromatic carbocycles. The number of amides is 1. The van der Waals surface area contributed by atoms with Crippen LogP contribution in [0.15, 0.2) is 87.5 Å². The first-order valence-corrected chi connectivity index (χ1v) is 9.15. The Labute approximate surface area is 166 Å². The summed E-state index contributed by atoms with van der Waals surface area (Å²) in [6.45, 7) is 1.92. The molecule has 136 valence electrons. The number of benzene rings is 3. The first-order valence-electron chi connectivity index (χ1n) is 8.36. The second-order valence-electron chi connectivity index (χ2n) is 5.85. The molecule has 0 aromatic heterocycles. The Morgan fingerprint density at radius 1 is 0.963 bits per heavy atom. The van der Waals surface area contributed by atoms with Crippen molar-refractivity contribution in [1.82, 2.24) is 0 Å². The number of hydrogen-bond donors (Lipinski definition) is 1. The number of halogens is 1. The summed E-state index contributed by atoms with van der Waals surface area (Å²) >= 11 is 3.43. The molecule has 0 aliphatic carbocycles. The van der Waals surface area contributed by atoms with Gasteiger partial charge in [-0.05, 0) is 76.9 Å². The molecule has 0 aliphatic rings. The molecule has 0 radical (unpaired) electrons. The van der Waals surface area contributed by atoms with E-state index >= 15 is 0 Å². The first kappa shape index (κ1) is 18.8. The third-order valence-corrected chi connectivity index (χ3v) is 4.25. The average Bonchev–Trinajstić information content (AvgIpc) is 2.67. The highest BCUT2D eigenvalue weighted by Crippen LogP contribution is 2.25. The number of carbonyl (C=O) groups is 1. The van der Waals surface area contributed by atoms with Gasteiger partial charge < -0.3 is 10.1 Å². The van der Waals surface area contributed by atoms with Crippen LogP contribution in [0.3, 0.4) is 0 Å². The molecule has 0 bridgehead atoms. The van der Waals surface area contributed by atoms with Gasteiger partial charge in [0.1, 0.15) is 5.75 Å². The molecule has 0 saturated carbocycles. The number of ether oxygens (including phenoxy) is 1. The molecule has 0 atom stereocenters. The Kier molecular flexibility index (Phi) is 6.33. The lowest BCUT2D eigenvalue weighted by Crippen LogP contribution is -2.20. The number of nitrogens with one attached hydrogen (secondary N) is 1. The average molecular weight is 424 g/mol. The van der Waals surface area contributed by atoms with Gasteiger partial charge in [-0.3, -0.25) is 4.79 Å². The second kappa shape index (κ2) is 9.09. The van der Waals surface area contributed by atoms with Crippen LogP contribution in [0.1, 0.15) is 5.56 Å². The van der Waals surface area contributed by atoms with E-state index in [0.29, 0.717) is 17.1 Å². The van der Waals surface area contributed by atoms with Gasteiger partial charge in [0.15, 0.2) is 6.61 Å². The van der Waals surface area contributed by atoms with Gasteiger partial charge in [-0.25, -0.2) is 0 Å². The van der Waals surface area contributed by atoms with Crippen molar-refractivity contribution in [3.63, 3.8) is 0 Å². The summed E-state index contributed by atoms with van der Waals surface area (Å²) in [6.07, 6.45) is 0. The summed E-state index contributed by atoms with van der Waals surface area (Å²) in [5.74, 6) is 0.397. The van der Waals surface area contributed by atoms with E-state index in [2.05, 4.69) is 31.5 Å². The predicted octanol–water partition coefficient (Wildman–Crippen LogP) is 6.19.